The van der Waals surface area contributed by atoms with E-state index in [4.69, 9.17) is 11.6 Å². The van der Waals surface area contributed by atoms with Crippen LogP contribution in [0.1, 0.15) is 16.2 Å². The minimum Gasteiger partial charge on any atom is -0.266 e. The third-order valence-electron chi connectivity index (χ3n) is 3.62. The summed E-state index contributed by atoms with van der Waals surface area (Å²) in [6, 6.07) is 11.8. The van der Waals surface area contributed by atoms with Gasteiger partial charge in [0.1, 0.15) is 4.90 Å². The maximum atomic E-state index is 13.9. The molecule has 1 amide bonds. The topological polar surface area (TPSA) is 81.1 Å². The number of aryl methyl sites for hydroxylation is 1. The monoisotopic (exact) mass is 411 g/mol. The summed E-state index contributed by atoms with van der Waals surface area (Å²) in [5, 5.41) is 3.50. The van der Waals surface area contributed by atoms with E-state index < -0.39 is 37.5 Å². The lowest BCUT2D eigenvalue weighted by Gasteiger charge is -2.09. The molecule has 0 saturated heterocycles. The van der Waals surface area contributed by atoms with Gasteiger partial charge >= 0.3 is 0 Å². The number of hydrogen-bond donors (Lipinski definition) is 1. The van der Waals surface area contributed by atoms with E-state index in [0.717, 1.165) is 6.07 Å². The van der Waals surface area contributed by atoms with Crippen molar-refractivity contribution in [1.29, 1.82) is 0 Å². The number of amides is 1. The number of hydrogen-bond acceptors (Lipinski definition) is 4. The van der Waals surface area contributed by atoms with Gasteiger partial charge in [-0.25, -0.2) is 26.6 Å². The van der Waals surface area contributed by atoms with Gasteiger partial charge in [-0.2, -0.15) is 5.10 Å². The first-order valence-corrected chi connectivity index (χ1v) is 9.39. The summed E-state index contributed by atoms with van der Waals surface area (Å²) in [5.74, 6) is -4.18. The second-order valence-electron chi connectivity index (χ2n) is 5.53. The van der Waals surface area contributed by atoms with Crippen molar-refractivity contribution in [2.75, 3.05) is 0 Å². The van der Waals surface area contributed by atoms with Gasteiger partial charge in [-0.05, 0) is 37.3 Å². The average Bonchev–Trinajstić information content (AvgIpc) is 3.01. The van der Waals surface area contributed by atoms with Crippen molar-refractivity contribution < 1.29 is 22.0 Å². The van der Waals surface area contributed by atoms with Gasteiger partial charge < -0.3 is 0 Å². The Labute approximate surface area is 158 Å². The molecule has 6 nitrogen and oxygen atoms in total. The van der Waals surface area contributed by atoms with E-state index >= 15 is 0 Å². The Bertz CT molecular complexity index is 1130. The Balaban J connectivity index is 1.94. The number of halogens is 3. The number of carbonyl (C=O) groups is 1. The van der Waals surface area contributed by atoms with Crippen LogP contribution >= 0.6 is 11.6 Å². The van der Waals surface area contributed by atoms with Gasteiger partial charge in [0.05, 0.1) is 10.7 Å². The maximum Gasteiger partial charge on any atom is 0.285 e. The highest BCUT2D eigenvalue weighted by Crippen LogP contribution is 2.26. The zero-order valence-electron chi connectivity index (χ0n) is 13.8. The molecular weight excluding hydrogens is 400 g/mol. The van der Waals surface area contributed by atoms with E-state index in [9.17, 15) is 22.0 Å². The Morgan fingerprint density at radius 2 is 1.81 bits per heavy atom. The van der Waals surface area contributed by atoms with Gasteiger partial charge in [0, 0.05) is 5.69 Å². The zero-order valence-corrected chi connectivity index (χ0v) is 15.4. The lowest BCUT2D eigenvalue weighted by Crippen LogP contribution is -2.32. The summed E-state index contributed by atoms with van der Waals surface area (Å²) >= 11 is 5.67. The van der Waals surface area contributed by atoms with Crippen LogP contribution in [0.3, 0.4) is 0 Å². The molecule has 27 heavy (non-hydrogen) atoms. The minimum atomic E-state index is -4.76. The molecule has 0 aliphatic carbocycles. The third kappa shape index (κ3) is 3.69. The first kappa shape index (κ1) is 19.0. The Kier molecular flexibility index (Phi) is 4.99. The highest BCUT2D eigenvalue weighted by atomic mass is 35.5. The van der Waals surface area contributed by atoms with Crippen LogP contribution in [0.4, 0.5) is 8.78 Å². The molecule has 0 aliphatic rings. The summed E-state index contributed by atoms with van der Waals surface area (Å²) in [6.07, 6.45) is 0. The number of nitrogens with one attached hydrogen (secondary N) is 1. The molecule has 10 heteroatoms. The maximum absolute atomic E-state index is 13.9. The van der Waals surface area contributed by atoms with Crippen molar-refractivity contribution >= 4 is 27.5 Å². The van der Waals surface area contributed by atoms with Crippen molar-refractivity contribution in [3.05, 3.63) is 76.6 Å². The lowest BCUT2D eigenvalue weighted by atomic mass is 10.3. The molecule has 0 unspecified atom stereocenters. The Morgan fingerprint density at radius 1 is 1.15 bits per heavy atom. The van der Waals surface area contributed by atoms with Gasteiger partial charge in [0.25, 0.3) is 15.9 Å². The summed E-state index contributed by atoms with van der Waals surface area (Å²) in [4.78, 5) is 11.2. The van der Waals surface area contributed by atoms with Crippen LogP contribution in [0.5, 0.6) is 0 Å². The normalized spacial score (nSPS) is 11.4. The van der Waals surface area contributed by atoms with E-state index in [1.165, 1.54) is 10.7 Å². The average molecular weight is 412 g/mol. The molecule has 1 N–H and O–H groups in total. The number of sulfonamides is 1. The first-order chi connectivity index (χ1) is 12.7. The van der Waals surface area contributed by atoms with E-state index in [0.29, 0.717) is 17.4 Å². The van der Waals surface area contributed by atoms with Crippen LogP contribution in [-0.4, -0.2) is 24.1 Å². The standard InChI is InChI=1S/C17H12ClF2N3O3S/c1-10-9-14(21-23(10)11-5-3-2-4-6-11)17(24)22-27(25,26)16-12(18)7-8-13(19)15(16)20/h2-9H,1H3,(H,22,24). The number of para-hydroxylation sites is 1. The Morgan fingerprint density at radius 3 is 2.48 bits per heavy atom. The minimum absolute atomic E-state index is 0.215. The van der Waals surface area contributed by atoms with Crippen LogP contribution in [0.15, 0.2) is 53.4 Å². The fraction of sp³-hybridized carbons (Fsp3) is 0.0588. The van der Waals surface area contributed by atoms with Gasteiger partial charge in [-0.15, -0.1) is 0 Å². The van der Waals surface area contributed by atoms with Gasteiger partial charge in [0.15, 0.2) is 17.3 Å². The second-order valence-corrected chi connectivity index (χ2v) is 7.55. The largest absolute Gasteiger partial charge is 0.285 e. The molecule has 0 radical (unpaired) electrons. The van der Waals surface area contributed by atoms with Gasteiger partial charge in [-0.1, -0.05) is 29.8 Å². The lowest BCUT2D eigenvalue weighted by molar-refractivity contribution is 0.0976. The van der Waals surface area contributed by atoms with Crippen LogP contribution in [0, 0.1) is 18.6 Å². The number of rotatable bonds is 4. The molecule has 0 atom stereocenters. The second kappa shape index (κ2) is 7.09. The SMILES string of the molecule is Cc1cc(C(=O)NS(=O)(=O)c2c(Cl)ccc(F)c2F)nn1-c1ccccc1. The summed E-state index contributed by atoms with van der Waals surface area (Å²) in [5.41, 5.74) is 1.02. The van der Waals surface area contributed by atoms with Gasteiger partial charge in [0.2, 0.25) is 0 Å². The highest BCUT2D eigenvalue weighted by Gasteiger charge is 2.28. The molecule has 2 aromatic carbocycles. The van der Waals surface area contributed by atoms with Crippen molar-refractivity contribution in [3.63, 3.8) is 0 Å². The number of carbonyl (C=O) groups excluding carboxylic acids is 1. The predicted molar refractivity (Wildman–Crippen MR) is 94.3 cm³/mol. The summed E-state index contributed by atoms with van der Waals surface area (Å²) in [7, 11) is -4.76. The molecule has 0 spiro atoms. The van der Waals surface area contributed by atoms with Crippen LogP contribution in [-0.2, 0) is 10.0 Å². The highest BCUT2D eigenvalue weighted by molar-refractivity contribution is 7.90. The number of aromatic nitrogens is 2. The van der Waals surface area contributed by atoms with Crippen LogP contribution in [0.25, 0.3) is 5.69 Å². The molecule has 140 valence electrons. The Hall–Kier alpha value is -2.78. The molecule has 1 heterocycles. The van der Waals surface area contributed by atoms with Gasteiger partial charge in [-0.3, -0.25) is 4.79 Å². The molecule has 0 bridgehead atoms. The molecule has 0 aliphatic heterocycles. The molecule has 0 saturated carbocycles. The summed E-state index contributed by atoms with van der Waals surface area (Å²) in [6.45, 7) is 1.67. The molecule has 0 fully saturated rings. The quantitative estimate of drug-likeness (QED) is 0.668. The fourth-order valence-corrected chi connectivity index (χ4v) is 3.96. The van der Waals surface area contributed by atoms with Crippen LogP contribution in [0.2, 0.25) is 5.02 Å². The van der Waals surface area contributed by atoms with E-state index in [-0.39, 0.29) is 5.69 Å². The smallest absolute Gasteiger partial charge is 0.266 e. The number of nitrogens with zero attached hydrogens (tertiary/aromatic N) is 2. The first-order valence-electron chi connectivity index (χ1n) is 7.53. The zero-order chi connectivity index (χ0) is 19.8. The molecular formula is C17H12ClF2N3O3S. The van der Waals surface area contributed by atoms with Crippen molar-refractivity contribution in [1.82, 2.24) is 14.5 Å². The van der Waals surface area contributed by atoms with E-state index in [2.05, 4.69) is 5.10 Å². The van der Waals surface area contributed by atoms with E-state index in [1.807, 2.05) is 0 Å². The molecule has 3 rings (SSSR count). The van der Waals surface area contributed by atoms with Crippen molar-refractivity contribution in [2.24, 2.45) is 0 Å². The van der Waals surface area contributed by atoms with E-state index in [1.54, 1.807) is 42.0 Å². The third-order valence-corrected chi connectivity index (χ3v) is 5.44. The fourth-order valence-electron chi connectivity index (χ4n) is 2.40. The number of benzene rings is 2. The summed E-state index contributed by atoms with van der Waals surface area (Å²) < 4.78 is 55.0. The van der Waals surface area contributed by atoms with Crippen molar-refractivity contribution in [3.8, 4) is 5.69 Å². The molecule has 1 aromatic heterocycles. The predicted octanol–water partition coefficient (Wildman–Crippen LogP) is 3.23. The van der Waals surface area contributed by atoms with Crippen molar-refractivity contribution in [2.45, 2.75) is 11.8 Å². The molecule has 3 aromatic rings. The van der Waals surface area contributed by atoms with Crippen LogP contribution < -0.4 is 4.72 Å².